The molecule has 0 bridgehead atoms. The molecular weight excluding hydrogens is 312 g/mol. The van der Waals surface area contributed by atoms with Crippen molar-refractivity contribution in [3.05, 3.63) is 82.9 Å². The Labute approximate surface area is 139 Å². The third kappa shape index (κ3) is 2.05. The van der Waals surface area contributed by atoms with Crippen molar-refractivity contribution in [2.24, 2.45) is 0 Å². The van der Waals surface area contributed by atoms with Crippen molar-refractivity contribution in [3.63, 3.8) is 0 Å². The van der Waals surface area contributed by atoms with Gasteiger partial charge in [-0.15, -0.1) is 0 Å². The fourth-order valence-electron chi connectivity index (χ4n) is 4.64. The minimum atomic E-state index is -2.98. The molecular formula is C22H24Ti. The van der Waals surface area contributed by atoms with E-state index < -0.39 is 14.8 Å². The molecule has 0 nitrogen and oxygen atoms in total. The summed E-state index contributed by atoms with van der Waals surface area (Å²) in [4.78, 5) is 0. The van der Waals surface area contributed by atoms with Gasteiger partial charge >= 0.3 is 140 Å². The second-order valence-electron chi connectivity index (χ2n) is 7.95. The summed E-state index contributed by atoms with van der Waals surface area (Å²) in [5, 5.41) is 5.23. The van der Waals surface area contributed by atoms with Crippen LogP contribution in [0.3, 0.4) is 0 Å². The van der Waals surface area contributed by atoms with Crippen LogP contribution in [0.4, 0.5) is 0 Å². The predicted octanol–water partition coefficient (Wildman–Crippen LogP) is 6.13. The molecule has 0 heterocycles. The van der Waals surface area contributed by atoms with Crippen LogP contribution in [0.25, 0.3) is 12.2 Å². The van der Waals surface area contributed by atoms with Crippen molar-refractivity contribution < 1.29 is 14.8 Å². The standard InChI is InChI=1S/2C9H7.C2H4.2CH3.Ti/c2*1-2-5-9-7-3-6-8(9)4-1;1-2;;;/h2*1-7H;1H,2H3;2*1H3;. The first kappa shape index (κ1) is 15.1. The normalized spacial score (nSPS) is 22.1. The van der Waals surface area contributed by atoms with E-state index in [9.17, 15) is 0 Å². The molecule has 1 heteroatoms. The Morgan fingerprint density at radius 2 is 1.17 bits per heavy atom. The molecule has 0 aromatic heterocycles. The summed E-state index contributed by atoms with van der Waals surface area (Å²) in [6, 6.07) is 17.9. The molecule has 0 saturated heterocycles. The summed E-state index contributed by atoms with van der Waals surface area (Å²) < 4.78 is 3.77. The summed E-state index contributed by atoms with van der Waals surface area (Å²) in [6.45, 7) is 2.31. The van der Waals surface area contributed by atoms with E-state index in [0.29, 0.717) is 8.45 Å². The number of benzene rings is 2. The molecule has 23 heavy (non-hydrogen) atoms. The zero-order valence-corrected chi connectivity index (χ0v) is 15.7. The third-order valence-corrected chi connectivity index (χ3v) is 17.0. The molecule has 0 radical (unpaired) electrons. The zero-order chi connectivity index (χ0) is 16.1. The monoisotopic (exact) mass is 336 g/mol. The van der Waals surface area contributed by atoms with Crippen molar-refractivity contribution in [1.82, 2.24) is 0 Å². The maximum absolute atomic E-state index is 2.98. The van der Waals surface area contributed by atoms with Crippen molar-refractivity contribution in [2.45, 2.75) is 25.8 Å². The van der Waals surface area contributed by atoms with Crippen molar-refractivity contribution >= 4 is 16.5 Å². The van der Waals surface area contributed by atoms with Crippen LogP contribution in [0.1, 0.15) is 37.6 Å². The molecule has 2 aliphatic rings. The molecule has 0 fully saturated rings. The molecule has 0 aliphatic heterocycles. The van der Waals surface area contributed by atoms with E-state index in [4.69, 9.17) is 0 Å². The predicted molar refractivity (Wildman–Crippen MR) is 99.9 cm³/mol. The summed E-state index contributed by atoms with van der Waals surface area (Å²) in [7, 11) is 0. The Bertz CT molecular complexity index is 838. The third-order valence-electron chi connectivity index (χ3n) is 6.47. The van der Waals surface area contributed by atoms with Crippen LogP contribution in [0.5, 0.6) is 0 Å². The Morgan fingerprint density at radius 1 is 0.739 bits per heavy atom. The fourth-order valence-corrected chi connectivity index (χ4v) is 12.4. The number of allylic oxidation sites excluding steroid dienone is 2. The van der Waals surface area contributed by atoms with Crippen LogP contribution >= 0.6 is 0 Å². The van der Waals surface area contributed by atoms with E-state index in [1.165, 1.54) is 22.3 Å². The molecule has 2 aliphatic carbocycles. The first-order valence-corrected chi connectivity index (χ1v) is 14.4. The first-order chi connectivity index (χ1) is 11.0. The van der Waals surface area contributed by atoms with Gasteiger partial charge < -0.3 is 0 Å². The quantitative estimate of drug-likeness (QED) is 0.579. The van der Waals surface area contributed by atoms with Crippen molar-refractivity contribution in [2.75, 3.05) is 0 Å². The van der Waals surface area contributed by atoms with Gasteiger partial charge in [-0.05, 0) is 0 Å². The summed E-state index contributed by atoms with van der Waals surface area (Å²) in [5.74, 6) is 0. The van der Waals surface area contributed by atoms with E-state index in [1.54, 1.807) is 0 Å². The first-order valence-electron chi connectivity index (χ1n) is 8.59. The second kappa shape index (κ2) is 5.00. The van der Waals surface area contributed by atoms with Gasteiger partial charge in [0, 0.05) is 0 Å². The average Bonchev–Trinajstić information content (AvgIpc) is 3.20. The Kier molecular flexibility index (Phi) is 3.27. The zero-order valence-electron chi connectivity index (χ0n) is 14.2. The summed E-state index contributed by atoms with van der Waals surface area (Å²) in [5.41, 5.74) is 5.89. The van der Waals surface area contributed by atoms with Gasteiger partial charge in [-0.1, -0.05) is 0 Å². The summed E-state index contributed by atoms with van der Waals surface area (Å²) >= 11 is -2.98. The molecule has 0 amide bonds. The Hall–Kier alpha value is -1.50. The SMILES string of the molecule is C[CH]=[Ti]([CH3])([CH3])([CH]1C=Cc2ccccc21)[CH]1C=Cc2ccccc21. The maximum atomic E-state index is 2.62. The number of hydrogen-bond acceptors (Lipinski definition) is 0. The van der Waals surface area contributed by atoms with Crippen molar-refractivity contribution in [3.8, 4) is 0 Å². The van der Waals surface area contributed by atoms with Crippen LogP contribution in [-0.2, 0) is 14.8 Å². The molecule has 2 aromatic rings. The molecule has 2 unspecified atom stereocenters. The molecule has 2 aromatic carbocycles. The molecule has 0 spiro atoms. The number of rotatable bonds is 2. The van der Waals surface area contributed by atoms with Gasteiger partial charge in [0.1, 0.15) is 0 Å². The number of hydrogen-bond donors (Lipinski definition) is 0. The van der Waals surface area contributed by atoms with Crippen LogP contribution in [0, 0.1) is 0 Å². The van der Waals surface area contributed by atoms with Crippen molar-refractivity contribution in [1.29, 1.82) is 0 Å². The molecule has 0 N–H and O–H groups in total. The second-order valence-corrected chi connectivity index (χ2v) is 19.3. The van der Waals surface area contributed by atoms with E-state index in [-0.39, 0.29) is 0 Å². The number of fused-ring (bicyclic) bond motifs is 2. The van der Waals surface area contributed by atoms with Gasteiger partial charge in [0.15, 0.2) is 0 Å². The van der Waals surface area contributed by atoms with E-state index >= 15 is 0 Å². The Balaban J connectivity index is 1.92. The topological polar surface area (TPSA) is 0 Å². The van der Waals surface area contributed by atoms with Gasteiger partial charge in [-0.25, -0.2) is 0 Å². The van der Waals surface area contributed by atoms with E-state index in [1.807, 2.05) is 0 Å². The van der Waals surface area contributed by atoms with Gasteiger partial charge in [0.05, 0.1) is 0 Å². The molecule has 4 rings (SSSR count). The van der Waals surface area contributed by atoms with E-state index in [0.717, 1.165) is 0 Å². The molecule has 116 valence electrons. The Morgan fingerprint density at radius 3 is 1.61 bits per heavy atom. The van der Waals surface area contributed by atoms with Gasteiger partial charge in [-0.2, -0.15) is 0 Å². The summed E-state index contributed by atoms with van der Waals surface area (Å²) in [6.07, 6.45) is 9.64. The van der Waals surface area contributed by atoms with E-state index in [2.05, 4.69) is 94.5 Å². The van der Waals surface area contributed by atoms with Crippen LogP contribution in [0.15, 0.2) is 60.7 Å². The fraction of sp³-hybridized carbons (Fsp3) is 0.227. The van der Waals surface area contributed by atoms with Gasteiger partial charge in [0.2, 0.25) is 0 Å². The average molecular weight is 336 g/mol. The van der Waals surface area contributed by atoms with Crippen LogP contribution in [-0.4, -0.2) is 4.31 Å². The molecule has 0 saturated carbocycles. The van der Waals surface area contributed by atoms with Gasteiger partial charge in [0.25, 0.3) is 0 Å². The van der Waals surface area contributed by atoms with Crippen LogP contribution in [0.2, 0.25) is 10.5 Å². The minimum absolute atomic E-state index is 0.578. The van der Waals surface area contributed by atoms with Gasteiger partial charge in [-0.3, -0.25) is 0 Å². The molecule has 2 atom stereocenters. The van der Waals surface area contributed by atoms with Crippen LogP contribution < -0.4 is 0 Å².